The van der Waals surface area contributed by atoms with Gasteiger partial charge in [-0.3, -0.25) is 14.4 Å². The van der Waals surface area contributed by atoms with Gasteiger partial charge in [0.15, 0.2) is 0 Å². The van der Waals surface area contributed by atoms with Gasteiger partial charge in [0.05, 0.1) is 5.01 Å². The van der Waals surface area contributed by atoms with Gasteiger partial charge < -0.3 is 20.3 Å². The molecule has 4 rings (SSSR count). The van der Waals surface area contributed by atoms with E-state index >= 15 is 0 Å². The van der Waals surface area contributed by atoms with Crippen LogP contribution in [0.4, 0.5) is 18.9 Å². The number of ether oxygens (including phenoxy) is 1. The SMILES string of the molecule is CC(=O)NCCC(=O)N1CCC(c2nc(C(=O)Nc3ccccc3-c3ccc(OC(F)(F)F)cc3)cs2)CC1. The van der Waals surface area contributed by atoms with Gasteiger partial charge in [-0.25, -0.2) is 4.98 Å². The molecule has 8 nitrogen and oxygen atoms in total. The van der Waals surface area contributed by atoms with Crippen molar-refractivity contribution >= 4 is 34.7 Å². The molecule has 0 unspecified atom stereocenters. The van der Waals surface area contributed by atoms with Gasteiger partial charge in [-0.05, 0) is 36.6 Å². The summed E-state index contributed by atoms with van der Waals surface area (Å²) in [5, 5.41) is 8.01. The number of benzene rings is 2. The fraction of sp³-hybridized carbons (Fsp3) is 0.333. The molecule has 0 aliphatic carbocycles. The number of aromatic nitrogens is 1. The van der Waals surface area contributed by atoms with E-state index in [2.05, 4.69) is 20.4 Å². The minimum atomic E-state index is -4.77. The van der Waals surface area contributed by atoms with Crippen LogP contribution in [-0.2, 0) is 9.59 Å². The molecule has 1 fully saturated rings. The number of para-hydroxylation sites is 1. The first-order chi connectivity index (χ1) is 18.6. The van der Waals surface area contributed by atoms with Crippen LogP contribution in [0.3, 0.4) is 0 Å². The molecule has 0 saturated carbocycles. The largest absolute Gasteiger partial charge is 0.573 e. The van der Waals surface area contributed by atoms with E-state index in [9.17, 15) is 27.6 Å². The molecular formula is C27H27F3N4O4S. The van der Waals surface area contributed by atoms with Crippen LogP contribution in [0, 0.1) is 0 Å². The van der Waals surface area contributed by atoms with E-state index in [1.807, 2.05) is 0 Å². The van der Waals surface area contributed by atoms with E-state index in [-0.39, 0.29) is 35.6 Å². The molecule has 12 heteroatoms. The predicted octanol–water partition coefficient (Wildman–Crippen LogP) is 5.19. The Balaban J connectivity index is 1.36. The Morgan fingerprint density at radius 1 is 1.08 bits per heavy atom. The van der Waals surface area contributed by atoms with E-state index in [1.54, 1.807) is 34.5 Å². The third-order valence-corrected chi connectivity index (χ3v) is 7.25. The van der Waals surface area contributed by atoms with Crippen molar-refractivity contribution in [3.8, 4) is 16.9 Å². The number of nitrogens with one attached hydrogen (secondary N) is 2. The Labute approximate surface area is 227 Å². The van der Waals surface area contributed by atoms with Crippen LogP contribution in [0.15, 0.2) is 53.9 Å². The van der Waals surface area contributed by atoms with Gasteiger partial charge in [-0.2, -0.15) is 0 Å². The van der Waals surface area contributed by atoms with Crippen LogP contribution >= 0.6 is 11.3 Å². The molecule has 0 radical (unpaired) electrons. The van der Waals surface area contributed by atoms with Crippen LogP contribution in [-0.4, -0.2) is 53.6 Å². The van der Waals surface area contributed by atoms with E-state index in [1.165, 1.54) is 42.5 Å². The number of hydrogen-bond acceptors (Lipinski definition) is 6. The highest BCUT2D eigenvalue weighted by Gasteiger charge is 2.31. The summed E-state index contributed by atoms with van der Waals surface area (Å²) in [7, 11) is 0. The molecule has 0 atom stereocenters. The van der Waals surface area contributed by atoms with Crippen molar-refractivity contribution in [1.29, 1.82) is 0 Å². The highest BCUT2D eigenvalue weighted by molar-refractivity contribution is 7.10. The van der Waals surface area contributed by atoms with E-state index in [0.717, 1.165) is 17.8 Å². The summed E-state index contributed by atoms with van der Waals surface area (Å²) in [4.78, 5) is 42.7. The number of alkyl halides is 3. The van der Waals surface area contributed by atoms with Crippen molar-refractivity contribution in [2.75, 3.05) is 25.0 Å². The van der Waals surface area contributed by atoms with Crippen LogP contribution in [0.1, 0.15) is 47.6 Å². The molecule has 2 aromatic carbocycles. The zero-order valence-corrected chi connectivity index (χ0v) is 21.9. The fourth-order valence-electron chi connectivity index (χ4n) is 4.33. The first-order valence-electron chi connectivity index (χ1n) is 12.3. The Morgan fingerprint density at radius 2 is 1.77 bits per heavy atom. The maximum Gasteiger partial charge on any atom is 0.573 e. The van der Waals surface area contributed by atoms with Crippen LogP contribution in [0.2, 0.25) is 0 Å². The molecule has 3 amide bonds. The molecule has 1 aliphatic rings. The average Bonchev–Trinajstić information content (AvgIpc) is 3.39. The maximum atomic E-state index is 13.0. The number of anilines is 1. The first kappa shape index (κ1) is 28.1. The predicted molar refractivity (Wildman–Crippen MR) is 140 cm³/mol. The smallest absolute Gasteiger partial charge is 0.406 e. The number of likely N-dealkylation sites (tertiary alicyclic amines) is 1. The monoisotopic (exact) mass is 560 g/mol. The number of thiazole rings is 1. The van der Waals surface area contributed by atoms with Crippen molar-refractivity contribution in [1.82, 2.24) is 15.2 Å². The number of amides is 3. The Kier molecular flexibility index (Phi) is 8.85. The summed E-state index contributed by atoms with van der Waals surface area (Å²) in [5.41, 5.74) is 2.01. The average molecular weight is 561 g/mol. The van der Waals surface area contributed by atoms with E-state index < -0.39 is 12.3 Å². The molecule has 1 saturated heterocycles. The van der Waals surface area contributed by atoms with Crippen LogP contribution in [0.25, 0.3) is 11.1 Å². The molecule has 39 heavy (non-hydrogen) atoms. The standard InChI is InChI=1S/C27H27F3N4O4S/c1-17(35)31-13-10-24(36)34-14-11-19(12-15-34)26-33-23(16-39-26)25(37)32-22-5-3-2-4-21(22)18-6-8-20(9-7-18)38-27(28,29)30/h2-9,16,19H,10-15H2,1H3,(H,31,35)(H,32,37). The second-order valence-corrected chi connectivity index (χ2v) is 9.92. The molecule has 206 valence electrons. The van der Waals surface area contributed by atoms with Gasteiger partial charge in [0.25, 0.3) is 5.91 Å². The summed E-state index contributed by atoms with van der Waals surface area (Å²) in [6.07, 6.45) is -3.05. The second-order valence-electron chi connectivity index (χ2n) is 9.03. The molecule has 0 spiro atoms. The van der Waals surface area contributed by atoms with Gasteiger partial charge in [-0.1, -0.05) is 30.3 Å². The normalized spacial score (nSPS) is 14.1. The summed E-state index contributed by atoms with van der Waals surface area (Å²) >= 11 is 1.40. The molecule has 0 bridgehead atoms. The lowest BCUT2D eigenvalue weighted by Gasteiger charge is -2.31. The van der Waals surface area contributed by atoms with Crippen LogP contribution in [0.5, 0.6) is 5.75 Å². The van der Waals surface area contributed by atoms with Gasteiger partial charge in [0.2, 0.25) is 11.8 Å². The van der Waals surface area contributed by atoms with Crippen LogP contribution < -0.4 is 15.4 Å². The summed E-state index contributed by atoms with van der Waals surface area (Å²) in [6, 6.07) is 12.4. The molecule has 3 aromatic rings. The van der Waals surface area contributed by atoms with Crippen molar-refractivity contribution in [3.05, 3.63) is 64.6 Å². The second kappa shape index (κ2) is 12.3. The Morgan fingerprint density at radius 3 is 2.44 bits per heavy atom. The first-order valence-corrected chi connectivity index (χ1v) is 13.2. The zero-order valence-electron chi connectivity index (χ0n) is 21.1. The van der Waals surface area contributed by atoms with Gasteiger partial charge >= 0.3 is 6.36 Å². The lowest BCUT2D eigenvalue weighted by Crippen LogP contribution is -2.39. The highest BCUT2D eigenvalue weighted by atomic mass is 32.1. The summed E-state index contributed by atoms with van der Waals surface area (Å²) in [6.45, 7) is 2.91. The number of hydrogen-bond donors (Lipinski definition) is 2. The van der Waals surface area contributed by atoms with E-state index in [0.29, 0.717) is 36.4 Å². The number of halogens is 3. The number of piperidine rings is 1. The minimum absolute atomic E-state index is 0.00240. The van der Waals surface area contributed by atoms with Crippen molar-refractivity contribution < 1.29 is 32.3 Å². The van der Waals surface area contributed by atoms with Crippen molar-refractivity contribution in [2.24, 2.45) is 0 Å². The lowest BCUT2D eigenvalue weighted by atomic mass is 9.97. The Hall–Kier alpha value is -3.93. The quantitative estimate of drug-likeness (QED) is 0.395. The maximum absolute atomic E-state index is 13.0. The molecule has 1 aliphatic heterocycles. The molecule has 2 N–H and O–H groups in total. The number of nitrogens with zero attached hydrogens (tertiary/aromatic N) is 2. The fourth-order valence-corrected chi connectivity index (χ4v) is 5.30. The van der Waals surface area contributed by atoms with Crippen molar-refractivity contribution in [2.45, 2.75) is 38.5 Å². The number of carbonyl (C=O) groups is 3. The highest BCUT2D eigenvalue weighted by Crippen LogP contribution is 2.33. The summed E-state index contributed by atoms with van der Waals surface area (Å²) in [5.74, 6) is -0.749. The molecular weight excluding hydrogens is 533 g/mol. The van der Waals surface area contributed by atoms with Gasteiger partial charge in [0.1, 0.15) is 11.4 Å². The number of carbonyl (C=O) groups excluding carboxylic acids is 3. The Bertz CT molecular complexity index is 1320. The zero-order chi connectivity index (χ0) is 28.0. The topological polar surface area (TPSA) is 101 Å². The summed E-state index contributed by atoms with van der Waals surface area (Å²) < 4.78 is 41.3. The molecule has 1 aromatic heterocycles. The lowest BCUT2D eigenvalue weighted by molar-refractivity contribution is -0.274. The van der Waals surface area contributed by atoms with Gasteiger partial charge in [0, 0.05) is 55.5 Å². The third kappa shape index (κ3) is 7.79. The van der Waals surface area contributed by atoms with Gasteiger partial charge in [-0.15, -0.1) is 24.5 Å². The van der Waals surface area contributed by atoms with Crippen molar-refractivity contribution in [3.63, 3.8) is 0 Å². The van der Waals surface area contributed by atoms with E-state index in [4.69, 9.17) is 0 Å². The number of rotatable bonds is 8. The molecule has 2 heterocycles. The minimum Gasteiger partial charge on any atom is -0.406 e. The third-order valence-electron chi connectivity index (χ3n) is 6.24.